The fraction of sp³-hybridized carbons (Fsp3) is 0.348. The van der Waals surface area contributed by atoms with E-state index in [1.54, 1.807) is 24.3 Å². The van der Waals surface area contributed by atoms with E-state index in [4.69, 9.17) is 4.98 Å². The Morgan fingerprint density at radius 3 is 2.80 bits per heavy atom. The van der Waals surface area contributed by atoms with Gasteiger partial charge in [-0.25, -0.2) is 14.4 Å². The molecule has 3 aromatic rings. The Labute approximate surface area is 173 Å². The zero-order chi connectivity index (χ0) is 20.7. The SMILES string of the molecule is O=C(NCC1CCN(c2nc(-c3ccccc3O)nc3ccc(F)cc23)C1)C1CC1. The van der Waals surface area contributed by atoms with Crippen LogP contribution in [0.4, 0.5) is 10.2 Å². The molecule has 2 heterocycles. The number of aromatic hydroxyl groups is 1. The first-order valence-corrected chi connectivity index (χ1v) is 10.4. The van der Waals surface area contributed by atoms with Gasteiger partial charge in [0, 0.05) is 30.9 Å². The van der Waals surface area contributed by atoms with Gasteiger partial charge in [0.1, 0.15) is 17.4 Å². The number of nitrogens with one attached hydrogen (secondary N) is 1. The average Bonchev–Trinajstić information content (AvgIpc) is 3.50. The minimum Gasteiger partial charge on any atom is -0.507 e. The summed E-state index contributed by atoms with van der Waals surface area (Å²) in [6, 6.07) is 11.4. The lowest BCUT2D eigenvalue weighted by molar-refractivity contribution is -0.122. The third kappa shape index (κ3) is 3.67. The summed E-state index contributed by atoms with van der Waals surface area (Å²) in [7, 11) is 0. The summed E-state index contributed by atoms with van der Waals surface area (Å²) in [4.78, 5) is 23.4. The second kappa shape index (κ2) is 7.55. The first-order chi connectivity index (χ1) is 14.6. The van der Waals surface area contributed by atoms with E-state index in [9.17, 15) is 14.3 Å². The number of phenolic OH excluding ortho intramolecular Hbond substituents is 1. The molecular formula is C23H23FN4O2. The number of anilines is 1. The molecule has 1 aromatic heterocycles. The minimum absolute atomic E-state index is 0.104. The van der Waals surface area contributed by atoms with E-state index in [-0.39, 0.29) is 23.4 Å². The average molecular weight is 406 g/mol. The molecule has 1 unspecified atom stereocenters. The molecule has 1 amide bonds. The molecule has 2 N–H and O–H groups in total. The molecule has 5 rings (SSSR count). The van der Waals surface area contributed by atoms with Crippen LogP contribution in [0.1, 0.15) is 19.3 Å². The largest absolute Gasteiger partial charge is 0.507 e. The molecule has 7 heteroatoms. The molecule has 0 bridgehead atoms. The van der Waals surface area contributed by atoms with Gasteiger partial charge in [-0.1, -0.05) is 12.1 Å². The van der Waals surface area contributed by atoms with Crippen molar-refractivity contribution in [2.75, 3.05) is 24.5 Å². The second-order valence-corrected chi connectivity index (χ2v) is 8.17. The van der Waals surface area contributed by atoms with Crippen LogP contribution in [-0.2, 0) is 4.79 Å². The molecule has 154 valence electrons. The van der Waals surface area contributed by atoms with E-state index in [1.165, 1.54) is 12.1 Å². The van der Waals surface area contributed by atoms with E-state index < -0.39 is 0 Å². The van der Waals surface area contributed by atoms with Gasteiger partial charge in [0.25, 0.3) is 0 Å². The van der Waals surface area contributed by atoms with Gasteiger partial charge in [-0.2, -0.15) is 0 Å². The molecular weight excluding hydrogens is 383 g/mol. The van der Waals surface area contributed by atoms with Crippen LogP contribution in [0, 0.1) is 17.7 Å². The number of para-hydroxylation sites is 1. The normalized spacial score (nSPS) is 18.7. The van der Waals surface area contributed by atoms with Gasteiger partial charge in [-0.05, 0) is 55.5 Å². The summed E-state index contributed by atoms with van der Waals surface area (Å²) >= 11 is 0. The Morgan fingerprint density at radius 1 is 1.17 bits per heavy atom. The van der Waals surface area contributed by atoms with Crippen molar-refractivity contribution in [2.24, 2.45) is 11.8 Å². The maximum absolute atomic E-state index is 14.0. The minimum atomic E-state index is -0.338. The predicted molar refractivity (Wildman–Crippen MR) is 113 cm³/mol. The topological polar surface area (TPSA) is 78.4 Å². The van der Waals surface area contributed by atoms with Crippen molar-refractivity contribution in [2.45, 2.75) is 19.3 Å². The van der Waals surface area contributed by atoms with E-state index in [0.717, 1.165) is 32.4 Å². The highest BCUT2D eigenvalue weighted by Gasteiger charge is 2.31. The van der Waals surface area contributed by atoms with E-state index in [2.05, 4.69) is 15.2 Å². The molecule has 1 aliphatic carbocycles. The van der Waals surface area contributed by atoms with Gasteiger partial charge in [-0.3, -0.25) is 4.79 Å². The number of hydrogen-bond acceptors (Lipinski definition) is 5. The molecule has 6 nitrogen and oxygen atoms in total. The van der Waals surface area contributed by atoms with Crippen LogP contribution in [0.3, 0.4) is 0 Å². The number of aromatic nitrogens is 2. The number of carbonyl (C=O) groups excluding carboxylic acids is 1. The smallest absolute Gasteiger partial charge is 0.223 e. The van der Waals surface area contributed by atoms with Crippen molar-refractivity contribution in [3.63, 3.8) is 0 Å². The molecule has 0 radical (unpaired) electrons. The lowest BCUT2D eigenvalue weighted by atomic mass is 10.1. The van der Waals surface area contributed by atoms with Crippen molar-refractivity contribution in [3.05, 3.63) is 48.3 Å². The maximum Gasteiger partial charge on any atom is 0.223 e. The highest BCUT2D eigenvalue weighted by Crippen LogP contribution is 2.34. The molecule has 1 aliphatic heterocycles. The van der Waals surface area contributed by atoms with Gasteiger partial charge in [0.2, 0.25) is 5.91 Å². The van der Waals surface area contributed by atoms with Gasteiger partial charge in [0.05, 0.1) is 11.1 Å². The van der Waals surface area contributed by atoms with Crippen LogP contribution < -0.4 is 10.2 Å². The first kappa shape index (κ1) is 18.8. The van der Waals surface area contributed by atoms with Crippen molar-refractivity contribution in [1.82, 2.24) is 15.3 Å². The highest BCUT2D eigenvalue weighted by atomic mass is 19.1. The fourth-order valence-electron chi connectivity index (χ4n) is 4.04. The highest BCUT2D eigenvalue weighted by molar-refractivity contribution is 5.91. The summed E-state index contributed by atoms with van der Waals surface area (Å²) in [5.41, 5.74) is 1.17. The number of rotatable bonds is 5. The molecule has 2 fully saturated rings. The van der Waals surface area contributed by atoms with E-state index >= 15 is 0 Å². The summed E-state index contributed by atoms with van der Waals surface area (Å²) in [6.45, 7) is 2.15. The van der Waals surface area contributed by atoms with Crippen LogP contribution in [0.5, 0.6) is 5.75 Å². The van der Waals surface area contributed by atoms with Crippen LogP contribution in [0.25, 0.3) is 22.3 Å². The number of fused-ring (bicyclic) bond motifs is 1. The number of hydrogen-bond donors (Lipinski definition) is 2. The number of halogens is 1. The third-order valence-corrected chi connectivity index (χ3v) is 5.88. The summed E-state index contributed by atoms with van der Waals surface area (Å²) in [5.74, 6) is 1.52. The predicted octanol–water partition coefficient (Wildman–Crippen LogP) is 3.49. The number of amides is 1. The van der Waals surface area contributed by atoms with Gasteiger partial charge < -0.3 is 15.3 Å². The van der Waals surface area contributed by atoms with Gasteiger partial charge in [-0.15, -0.1) is 0 Å². The third-order valence-electron chi connectivity index (χ3n) is 5.88. The van der Waals surface area contributed by atoms with Crippen LogP contribution in [0.15, 0.2) is 42.5 Å². The standard InChI is InChI=1S/C23H23FN4O2/c24-16-7-8-19-18(11-16)22(27-21(26-19)17-3-1-2-4-20(17)29)28-10-9-14(13-28)12-25-23(30)15-5-6-15/h1-4,7-8,11,14-15,29H,5-6,9-10,12-13H2,(H,25,30). The van der Waals surface area contributed by atoms with Crippen molar-refractivity contribution in [1.29, 1.82) is 0 Å². The maximum atomic E-state index is 14.0. The Bertz CT molecular complexity index is 1120. The summed E-state index contributed by atoms with van der Waals surface area (Å²) < 4.78 is 14.0. The Balaban J connectivity index is 1.46. The fourth-order valence-corrected chi connectivity index (χ4v) is 4.04. The molecule has 1 saturated carbocycles. The molecule has 2 aromatic carbocycles. The Morgan fingerprint density at radius 2 is 2.00 bits per heavy atom. The molecule has 0 spiro atoms. The van der Waals surface area contributed by atoms with Crippen molar-refractivity contribution in [3.8, 4) is 17.1 Å². The molecule has 1 saturated heterocycles. The van der Waals surface area contributed by atoms with E-state index in [0.29, 0.717) is 40.6 Å². The van der Waals surface area contributed by atoms with Crippen LogP contribution in [0.2, 0.25) is 0 Å². The molecule has 30 heavy (non-hydrogen) atoms. The lowest BCUT2D eigenvalue weighted by Crippen LogP contribution is -2.32. The molecule has 1 atom stereocenters. The Kier molecular flexibility index (Phi) is 4.73. The van der Waals surface area contributed by atoms with E-state index in [1.807, 2.05) is 6.07 Å². The monoisotopic (exact) mass is 406 g/mol. The van der Waals surface area contributed by atoms with Crippen molar-refractivity contribution >= 4 is 22.6 Å². The first-order valence-electron chi connectivity index (χ1n) is 10.4. The summed E-state index contributed by atoms with van der Waals surface area (Å²) in [5, 5.41) is 14.0. The number of nitrogens with zero attached hydrogens (tertiary/aromatic N) is 3. The van der Waals surface area contributed by atoms with Crippen LogP contribution >= 0.6 is 0 Å². The number of benzene rings is 2. The van der Waals surface area contributed by atoms with Crippen molar-refractivity contribution < 1.29 is 14.3 Å². The molecule has 2 aliphatic rings. The zero-order valence-corrected chi connectivity index (χ0v) is 16.5. The number of phenols is 1. The Hall–Kier alpha value is -3.22. The zero-order valence-electron chi connectivity index (χ0n) is 16.5. The lowest BCUT2D eigenvalue weighted by Gasteiger charge is -2.20. The van der Waals surface area contributed by atoms with Gasteiger partial charge >= 0.3 is 0 Å². The van der Waals surface area contributed by atoms with Gasteiger partial charge in [0.15, 0.2) is 5.82 Å². The second-order valence-electron chi connectivity index (χ2n) is 8.17. The number of carbonyl (C=O) groups is 1. The van der Waals surface area contributed by atoms with Crippen LogP contribution in [-0.4, -0.2) is 40.6 Å². The quantitative estimate of drug-likeness (QED) is 0.678. The summed E-state index contributed by atoms with van der Waals surface area (Å²) in [6.07, 6.45) is 2.92.